The molecule has 1 aromatic heterocycles. The Morgan fingerprint density at radius 3 is 3.16 bits per heavy atom. The third-order valence-corrected chi connectivity index (χ3v) is 3.45. The summed E-state index contributed by atoms with van der Waals surface area (Å²) >= 11 is 0. The summed E-state index contributed by atoms with van der Waals surface area (Å²) in [6.07, 6.45) is 4.80. The minimum atomic E-state index is 0.152. The normalized spacial score (nSPS) is 18.9. The highest BCUT2D eigenvalue weighted by Gasteiger charge is 2.23. The van der Waals surface area contributed by atoms with Crippen LogP contribution in [-0.2, 0) is 13.0 Å². The fourth-order valence-corrected chi connectivity index (χ4v) is 2.58. The molecule has 0 bridgehead atoms. The standard InChI is InChI=1S/C15H19N3O/c1-11(16)6-13-8-18(10-17-13)7-12-9-19-15-5-3-2-4-14(12)15/h2-5,8,10-12H,6-7,9,16H2,1H3. The predicted molar refractivity (Wildman–Crippen MR) is 74.3 cm³/mol. The third kappa shape index (κ3) is 2.63. The SMILES string of the molecule is CC(N)Cc1cn(CC2COc3ccccc32)cn1. The Kier molecular flexibility index (Phi) is 3.25. The summed E-state index contributed by atoms with van der Waals surface area (Å²) in [5.41, 5.74) is 8.15. The molecule has 0 radical (unpaired) electrons. The first-order valence-electron chi connectivity index (χ1n) is 6.70. The van der Waals surface area contributed by atoms with Gasteiger partial charge in [0, 0.05) is 36.7 Å². The minimum Gasteiger partial charge on any atom is -0.493 e. The first-order chi connectivity index (χ1) is 9.22. The summed E-state index contributed by atoms with van der Waals surface area (Å²) in [7, 11) is 0. The molecule has 0 saturated carbocycles. The smallest absolute Gasteiger partial charge is 0.122 e. The lowest BCUT2D eigenvalue weighted by molar-refractivity contribution is 0.319. The van der Waals surface area contributed by atoms with Crippen LogP contribution in [-0.4, -0.2) is 22.2 Å². The van der Waals surface area contributed by atoms with Gasteiger partial charge in [0.05, 0.1) is 18.6 Å². The average molecular weight is 257 g/mol. The molecule has 1 aromatic carbocycles. The Labute approximate surface area is 113 Å². The van der Waals surface area contributed by atoms with Crippen LogP contribution in [0.15, 0.2) is 36.8 Å². The molecular formula is C15H19N3O. The van der Waals surface area contributed by atoms with Crippen molar-refractivity contribution in [2.24, 2.45) is 5.73 Å². The topological polar surface area (TPSA) is 53.1 Å². The third-order valence-electron chi connectivity index (χ3n) is 3.45. The maximum Gasteiger partial charge on any atom is 0.122 e. The molecule has 2 atom stereocenters. The number of para-hydroxylation sites is 1. The summed E-state index contributed by atoms with van der Waals surface area (Å²) in [4.78, 5) is 4.40. The quantitative estimate of drug-likeness (QED) is 0.910. The molecule has 2 N–H and O–H groups in total. The zero-order valence-corrected chi connectivity index (χ0v) is 11.1. The number of hydrogen-bond acceptors (Lipinski definition) is 3. The number of nitrogens with zero attached hydrogens (tertiary/aromatic N) is 2. The van der Waals surface area contributed by atoms with Crippen LogP contribution in [0.2, 0.25) is 0 Å². The second-order valence-electron chi connectivity index (χ2n) is 5.29. The summed E-state index contributed by atoms with van der Waals surface area (Å²) in [5, 5.41) is 0. The first-order valence-corrected chi connectivity index (χ1v) is 6.70. The van der Waals surface area contributed by atoms with Gasteiger partial charge in [-0.15, -0.1) is 0 Å². The lowest BCUT2D eigenvalue weighted by atomic mass is 10.0. The molecule has 0 saturated heterocycles. The van der Waals surface area contributed by atoms with Gasteiger partial charge in [-0.3, -0.25) is 0 Å². The van der Waals surface area contributed by atoms with Crippen molar-refractivity contribution >= 4 is 0 Å². The number of hydrogen-bond donors (Lipinski definition) is 1. The van der Waals surface area contributed by atoms with E-state index in [1.54, 1.807) is 0 Å². The van der Waals surface area contributed by atoms with Crippen LogP contribution >= 0.6 is 0 Å². The molecular weight excluding hydrogens is 238 g/mol. The number of benzene rings is 1. The molecule has 0 aliphatic carbocycles. The van der Waals surface area contributed by atoms with E-state index in [-0.39, 0.29) is 6.04 Å². The second-order valence-corrected chi connectivity index (χ2v) is 5.29. The molecule has 100 valence electrons. The molecule has 2 unspecified atom stereocenters. The zero-order valence-electron chi connectivity index (χ0n) is 11.1. The van der Waals surface area contributed by atoms with Crippen molar-refractivity contribution in [3.8, 4) is 5.75 Å². The number of nitrogens with two attached hydrogens (primary N) is 1. The Morgan fingerprint density at radius 1 is 1.47 bits per heavy atom. The van der Waals surface area contributed by atoms with E-state index in [0.717, 1.165) is 31.0 Å². The Morgan fingerprint density at radius 2 is 2.32 bits per heavy atom. The van der Waals surface area contributed by atoms with Crippen LogP contribution in [0.25, 0.3) is 0 Å². The summed E-state index contributed by atoms with van der Waals surface area (Å²) in [5.74, 6) is 1.43. The average Bonchev–Trinajstić information content (AvgIpc) is 2.97. The van der Waals surface area contributed by atoms with E-state index in [1.807, 2.05) is 25.4 Å². The Balaban J connectivity index is 1.71. The first kappa shape index (κ1) is 12.2. The van der Waals surface area contributed by atoms with Crippen LogP contribution in [0.4, 0.5) is 0 Å². The van der Waals surface area contributed by atoms with Crippen molar-refractivity contribution in [1.29, 1.82) is 0 Å². The summed E-state index contributed by atoms with van der Waals surface area (Å²) in [6.45, 7) is 3.66. The molecule has 0 amide bonds. The molecule has 4 heteroatoms. The predicted octanol–water partition coefficient (Wildman–Crippen LogP) is 1.95. The summed E-state index contributed by atoms with van der Waals surface area (Å²) in [6, 6.07) is 8.41. The number of fused-ring (bicyclic) bond motifs is 1. The van der Waals surface area contributed by atoms with Crippen LogP contribution in [0.1, 0.15) is 24.1 Å². The highest BCUT2D eigenvalue weighted by Crippen LogP contribution is 2.34. The maximum absolute atomic E-state index is 5.79. The number of ether oxygens (including phenoxy) is 1. The Hall–Kier alpha value is -1.81. The van der Waals surface area contributed by atoms with Crippen LogP contribution < -0.4 is 10.5 Å². The van der Waals surface area contributed by atoms with Gasteiger partial charge in [0.1, 0.15) is 5.75 Å². The molecule has 0 spiro atoms. The molecule has 1 aliphatic heterocycles. The highest BCUT2D eigenvalue weighted by atomic mass is 16.5. The van der Waals surface area contributed by atoms with E-state index < -0.39 is 0 Å². The van der Waals surface area contributed by atoms with Gasteiger partial charge in [-0.25, -0.2) is 4.98 Å². The minimum absolute atomic E-state index is 0.152. The van der Waals surface area contributed by atoms with Gasteiger partial charge in [0.15, 0.2) is 0 Å². The van der Waals surface area contributed by atoms with Crippen molar-refractivity contribution in [3.63, 3.8) is 0 Å². The Bertz CT molecular complexity index is 562. The van der Waals surface area contributed by atoms with Gasteiger partial charge in [0.2, 0.25) is 0 Å². The van der Waals surface area contributed by atoms with Gasteiger partial charge in [-0.1, -0.05) is 18.2 Å². The van der Waals surface area contributed by atoms with E-state index >= 15 is 0 Å². The van der Waals surface area contributed by atoms with E-state index in [2.05, 4.69) is 27.9 Å². The van der Waals surface area contributed by atoms with Gasteiger partial charge >= 0.3 is 0 Å². The van der Waals surface area contributed by atoms with E-state index in [4.69, 9.17) is 10.5 Å². The van der Waals surface area contributed by atoms with E-state index in [9.17, 15) is 0 Å². The maximum atomic E-state index is 5.79. The van der Waals surface area contributed by atoms with Crippen LogP contribution in [0.3, 0.4) is 0 Å². The monoisotopic (exact) mass is 257 g/mol. The van der Waals surface area contributed by atoms with Crippen LogP contribution in [0, 0.1) is 0 Å². The van der Waals surface area contributed by atoms with Crippen LogP contribution in [0.5, 0.6) is 5.75 Å². The van der Waals surface area contributed by atoms with Gasteiger partial charge in [0.25, 0.3) is 0 Å². The number of aromatic nitrogens is 2. The lowest BCUT2D eigenvalue weighted by Crippen LogP contribution is -2.17. The molecule has 4 nitrogen and oxygen atoms in total. The lowest BCUT2D eigenvalue weighted by Gasteiger charge is -2.09. The van der Waals surface area contributed by atoms with Crippen molar-refractivity contribution in [2.75, 3.05) is 6.61 Å². The van der Waals surface area contributed by atoms with E-state index in [0.29, 0.717) is 5.92 Å². The van der Waals surface area contributed by atoms with E-state index in [1.165, 1.54) is 5.56 Å². The number of imidazole rings is 1. The molecule has 0 fully saturated rings. The molecule has 19 heavy (non-hydrogen) atoms. The van der Waals surface area contributed by atoms with Crippen molar-refractivity contribution in [2.45, 2.75) is 31.8 Å². The van der Waals surface area contributed by atoms with Crippen molar-refractivity contribution in [3.05, 3.63) is 48.0 Å². The van der Waals surface area contributed by atoms with Gasteiger partial charge in [-0.2, -0.15) is 0 Å². The summed E-state index contributed by atoms with van der Waals surface area (Å²) < 4.78 is 7.83. The fraction of sp³-hybridized carbons (Fsp3) is 0.400. The zero-order chi connectivity index (χ0) is 13.2. The fourth-order valence-electron chi connectivity index (χ4n) is 2.58. The highest BCUT2D eigenvalue weighted by molar-refractivity contribution is 5.39. The van der Waals surface area contributed by atoms with Crippen molar-refractivity contribution in [1.82, 2.24) is 9.55 Å². The molecule has 2 aromatic rings. The van der Waals surface area contributed by atoms with Crippen molar-refractivity contribution < 1.29 is 4.74 Å². The van der Waals surface area contributed by atoms with Gasteiger partial charge < -0.3 is 15.0 Å². The molecule has 3 rings (SSSR count). The molecule has 1 aliphatic rings. The second kappa shape index (κ2) is 5.05. The number of rotatable bonds is 4. The van der Waals surface area contributed by atoms with Gasteiger partial charge in [-0.05, 0) is 13.0 Å². The molecule has 2 heterocycles. The largest absolute Gasteiger partial charge is 0.493 e.